The van der Waals surface area contributed by atoms with Crippen molar-refractivity contribution in [3.05, 3.63) is 29.8 Å². The molecule has 2 amide bonds. The van der Waals surface area contributed by atoms with Gasteiger partial charge < -0.3 is 5.32 Å². The number of benzene rings is 1. The van der Waals surface area contributed by atoms with Crippen LogP contribution in [0.4, 0.5) is 5.69 Å². The maximum atomic E-state index is 12.6. The van der Waals surface area contributed by atoms with E-state index in [0.29, 0.717) is 18.7 Å². The maximum absolute atomic E-state index is 12.6. The van der Waals surface area contributed by atoms with Crippen LogP contribution in [0, 0.1) is 12.3 Å². The standard InChI is InChI=1S/C15H18N2O2/c1-11-3-5-12(6-4-11)17-13(18)9-15(14(17)19)7-2-8-16-10-15/h3-6,16H,2,7-10H2,1H3/t15-/m1/s1. The molecule has 2 aliphatic rings. The molecule has 4 nitrogen and oxygen atoms in total. The first-order valence-electron chi connectivity index (χ1n) is 6.77. The molecule has 1 N–H and O–H groups in total. The first-order valence-corrected chi connectivity index (χ1v) is 6.77. The molecule has 0 unspecified atom stereocenters. The number of imide groups is 1. The monoisotopic (exact) mass is 258 g/mol. The molecule has 2 fully saturated rings. The lowest BCUT2D eigenvalue weighted by atomic mass is 9.79. The van der Waals surface area contributed by atoms with Crippen molar-refractivity contribution in [3.63, 3.8) is 0 Å². The number of carbonyl (C=O) groups excluding carboxylic acids is 2. The maximum Gasteiger partial charge on any atom is 0.241 e. The van der Waals surface area contributed by atoms with Crippen molar-refractivity contribution in [2.75, 3.05) is 18.0 Å². The van der Waals surface area contributed by atoms with Crippen LogP contribution < -0.4 is 10.2 Å². The van der Waals surface area contributed by atoms with E-state index in [1.807, 2.05) is 31.2 Å². The number of nitrogens with zero attached hydrogens (tertiary/aromatic N) is 1. The molecule has 0 aromatic heterocycles. The number of amides is 2. The highest BCUT2D eigenvalue weighted by Crippen LogP contribution is 2.40. The Hall–Kier alpha value is -1.68. The fraction of sp³-hybridized carbons (Fsp3) is 0.467. The zero-order chi connectivity index (χ0) is 13.5. The Morgan fingerprint density at radius 2 is 1.95 bits per heavy atom. The fourth-order valence-electron chi connectivity index (χ4n) is 3.05. The van der Waals surface area contributed by atoms with Crippen molar-refractivity contribution < 1.29 is 9.59 Å². The van der Waals surface area contributed by atoms with Gasteiger partial charge in [0.05, 0.1) is 11.1 Å². The molecular weight excluding hydrogens is 240 g/mol. The number of piperidine rings is 1. The average Bonchev–Trinajstić information content (AvgIpc) is 2.64. The molecule has 3 rings (SSSR count). The second-order valence-electron chi connectivity index (χ2n) is 5.61. The van der Waals surface area contributed by atoms with Crippen LogP contribution in [0.1, 0.15) is 24.8 Å². The van der Waals surface area contributed by atoms with Gasteiger partial charge in [0.1, 0.15) is 0 Å². The van der Waals surface area contributed by atoms with Gasteiger partial charge in [-0.15, -0.1) is 0 Å². The van der Waals surface area contributed by atoms with Crippen LogP contribution in [0.25, 0.3) is 0 Å². The molecule has 2 saturated heterocycles. The minimum Gasteiger partial charge on any atom is -0.316 e. The molecule has 4 heteroatoms. The van der Waals surface area contributed by atoms with Crippen molar-refractivity contribution >= 4 is 17.5 Å². The highest BCUT2D eigenvalue weighted by molar-refractivity contribution is 6.22. The van der Waals surface area contributed by atoms with E-state index in [4.69, 9.17) is 0 Å². The van der Waals surface area contributed by atoms with Crippen LogP contribution in [0.15, 0.2) is 24.3 Å². The van der Waals surface area contributed by atoms with Gasteiger partial charge in [0.25, 0.3) is 0 Å². The molecule has 0 aliphatic carbocycles. The third kappa shape index (κ3) is 1.96. The van der Waals surface area contributed by atoms with E-state index >= 15 is 0 Å². The summed E-state index contributed by atoms with van der Waals surface area (Å²) < 4.78 is 0. The van der Waals surface area contributed by atoms with Gasteiger partial charge in [-0.2, -0.15) is 0 Å². The molecular formula is C15H18N2O2. The van der Waals surface area contributed by atoms with E-state index < -0.39 is 5.41 Å². The molecule has 1 aromatic carbocycles. The van der Waals surface area contributed by atoms with E-state index in [2.05, 4.69) is 5.32 Å². The molecule has 100 valence electrons. The van der Waals surface area contributed by atoms with Crippen molar-refractivity contribution in [1.29, 1.82) is 0 Å². The summed E-state index contributed by atoms with van der Waals surface area (Å²) in [5, 5.41) is 3.25. The predicted molar refractivity (Wildman–Crippen MR) is 72.8 cm³/mol. The minimum atomic E-state index is -0.500. The number of hydrogen-bond donors (Lipinski definition) is 1. The zero-order valence-corrected chi connectivity index (χ0v) is 11.1. The number of hydrogen-bond acceptors (Lipinski definition) is 3. The third-order valence-electron chi connectivity index (χ3n) is 4.16. The lowest BCUT2D eigenvalue weighted by Crippen LogP contribution is -2.45. The van der Waals surface area contributed by atoms with Gasteiger partial charge in [0.15, 0.2) is 0 Å². The molecule has 1 atom stereocenters. The molecule has 0 bridgehead atoms. The van der Waals surface area contributed by atoms with Crippen LogP contribution in [0.5, 0.6) is 0 Å². The second kappa shape index (κ2) is 4.46. The Morgan fingerprint density at radius 3 is 2.58 bits per heavy atom. The van der Waals surface area contributed by atoms with Crippen LogP contribution in [-0.4, -0.2) is 24.9 Å². The van der Waals surface area contributed by atoms with E-state index in [9.17, 15) is 9.59 Å². The second-order valence-corrected chi connectivity index (χ2v) is 5.61. The van der Waals surface area contributed by atoms with Gasteiger partial charge in [0, 0.05) is 13.0 Å². The van der Waals surface area contributed by atoms with Gasteiger partial charge in [-0.3, -0.25) is 14.5 Å². The summed E-state index contributed by atoms with van der Waals surface area (Å²) in [5.74, 6) is -0.105. The number of aryl methyl sites for hydroxylation is 1. The topological polar surface area (TPSA) is 49.4 Å². The van der Waals surface area contributed by atoms with Gasteiger partial charge >= 0.3 is 0 Å². The molecule has 1 spiro atoms. The first kappa shape index (κ1) is 12.4. The van der Waals surface area contributed by atoms with Crippen molar-refractivity contribution in [1.82, 2.24) is 5.32 Å². The quantitative estimate of drug-likeness (QED) is 0.779. The summed E-state index contributed by atoms with van der Waals surface area (Å²) in [4.78, 5) is 26.2. The van der Waals surface area contributed by atoms with E-state index in [-0.39, 0.29) is 11.8 Å². The van der Waals surface area contributed by atoms with E-state index in [0.717, 1.165) is 24.9 Å². The number of rotatable bonds is 1. The van der Waals surface area contributed by atoms with Crippen molar-refractivity contribution in [3.8, 4) is 0 Å². The van der Waals surface area contributed by atoms with Crippen molar-refractivity contribution in [2.24, 2.45) is 5.41 Å². The van der Waals surface area contributed by atoms with Crippen LogP contribution in [-0.2, 0) is 9.59 Å². The number of carbonyl (C=O) groups is 2. The SMILES string of the molecule is Cc1ccc(N2C(=O)C[C@@]3(CCCNC3)C2=O)cc1. The summed E-state index contributed by atoms with van der Waals surface area (Å²) in [6, 6.07) is 7.56. The van der Waals surface area contributed by atoms with E-state index in [1.54, 1.807) is 0 Å². The Labute approximate surface area is 112 Å². The highest BCUT2D eigenvalue weighted by atomic mass is 16.2. The normalized spacial score (nSPS) is 27.3. The van der Waals surface area contributed by atoms with Crippen LogP contribution in [0.3, 0.4) is 0 Å². The lowest BCUT2D eigenvalue weighted by molar-refractivity contribution is -0.126. The molecule has 0 saturated carbocycles. The van der Waals surface area contributed by atoms with Gasteiger partial charge in [0.2, 0.25) is 11.8 Å². The van der Waals surface area contributed by atoms with Gasteiger partial charge in [-0.1, -0.05) is 17.7 Å². The third-order valence-corrected chi connectivity index (χ3v) is 4.16. The summed E-state index contributed by atoms with van der Waals surface area (Å²) >= 11 is 0. The minimum absolute atomic E-state index is 0.0337. The molecule has 1 aromatic rings. The summed E-state index contributed by atoms with van der Waals surface area (Å²) in [6.45, 7) is 3.55. The summed E-state index contributed by atoms with van der Waals surface area (Å²) in [5.41, 5.74) is 1.32. The fourth-order valence-corrected chi connectivity index (χ4v) is 3.05. The molecule has 2 aliphatic heterocycles. The van der Waals surface area contributed by atoms with Gasteiger partial charge in [-0.05, 0) is 38.4 Å². The van der Waals surface area contributed by atoms with E-state index in [1.165, 1.54) is 4.90 Å². The zero-order valence-electron chi connectivity index (χ0n) is 11.1. The molecule has 19 heavy (non-hydrogen) atoms. The molecule has 0 radical (unpaired) electrons. The Balaban J connectivity index is 1.92. The molecule has 2 heterocycles. The largest absolute Gasteiger partial charge is 0.316 e. The summed E-state index contributed by atoms with van der Waals surface area (Å²) in [6.07, 6.45) is 2.11. The Bertz CT molecular complexity index is 515. The summed E-state index contributed by atoms with van der Waals surface area (Å²) in [7, 11) is 0. The first-order chi connectivity index (χ1) is 9.12. The number of anilines is 1. The van der Waals surface area contributed by atoms with Gasteiger partial charge in [-0.25, -0.2) is 0 Å². The predicted octanol–water partition coefficient (Wildman–Crippen LogP) is 1.63. The van der Waals surface area contributed by atoms with Crippen molar-refractivity contribution in [2.45, 2.75) is 26.2 Å². The lowest BCUT2D eigenvalue weighted by Gasteiger charge is -2.31. The Kier molecular flexibility index (Phi) is 2.90. The highest BCUT2D eigenvalue weighted by Gasteiger charge is 2.52. The van der Waals surface area contributed by atoms with Crippen LogP contribution in [0.2, 0.25) is 0 Å². The number of nitrogens with one attached hydrogen (secondary N) is 1. The Morgan fingerprint density at radius 1 is 1.21 bits per heavy atom. The average molecular weight is 258 g/mol. The van der Waals surface area contributed by atoms with Crippen LogP contribution >= 0.6 is 0 Å². The smallest absolute Gasteiger partial charge is 0.241 e.